The van der Waals surface area contributed by atoms with Crippen molar-refractivity contribution in [2.45, 2.75) is 19.8 Å². The molecule has 0 aromatic carbocycles. The van der Waals surface area contributed by atoms with Gasteiger partial charge in [0.25, 0.3) is 0 Å². The van der Waals surface area contributed by atoms with Gasteiger partial charge in [-0.3, -0.25) is 0 Å². The van der Waals surface area contributed by atoms with E-state index >= 15 is 0 Å². The van der Waals surface area contributed by atoms with Crippen LogP contribution in [0, 0.1) is 5.92 Å². The maximum absolute atomic E-state index is 5.55. The summed E-state index contributed by atoms with van der Waals surface area (Å²) >= 11 is 0. The molecule has 0 amide bonds. The van der Waals surface area contributed by atoms with Crippen LogP contribution in [0.25, 0.3) is 0 Å². The molecule has 0 saturated carbocycles. The SMILES string of the molecule is CC1C=CC2=C(C=C1)OCCC2. The molecule has 0 radical (unpaired) electrons. The zero-order chi connectivity index (χ0) is 8.39. The topological polar surface area (TPSA) is 9.23 Å². The van der Waals surface area contributed by atoms with Crippen LogP contribution >= 0.6 is 0 Å². The van der Waals surface area contributed by atoms with Gasteiger partial charge in [-0.15, -0.1) is 0 Å². The average molecular weight is 162 g/mol. The number of rotatable bonds is 0. The highest BCUT2D eigenvalue weighted by Gasteiger charge is 2.11. The normalized spacial score (nSPS) is 27.9. The molecule has 2 rings (SSSR count). The summed E-state index contributed by atoms with van der Waals surface area (Å²) in [7, 11) is 0. The van der Waals surface area contributed by atoms with Gasteiger partial charge in [0.15, 0.2) is 0 Å². The molecular formula is C11H14O. The van der Waals surface area contributed by atoms with Gasteiger partial charge < -0.3 is 4.74 Å². The van der Waals surface area contributed by atoms with Crippen molar-refractivity contribution in [3.05, 3.63) is 35.6 Å². The first-order valence-corrected chi connectivity index (χ1v) is 4.58. The molecule has 1 nitrogen and oxygen atoms in total. The van der Waals surface area contributed by atoms with Gasteiger partial charge in [-0.25, -0.2) is 0 Å². The Morgan fingerprint density at radius 2 is 2.17 bits per heavy atom. The molecule has 1 aliphatic heterocycles. The highest BCUT2D eigenvalue weighted by Crippen LogP contribution is 2.24. The lowest BCUT2D eigenvalue weighted by atomic mass is 10.1. The van der Waals surface area contributed by atoms with Crippen LogP contribution in [-0.4, -0.2) is 6.61 Å². The van der Waals surface area contributed by atoms with E-state index in [1.807, 2.05) is 0 Å². The predicted octanol–water partition coefficient (Wildman–Crippen LogP) is 2.81. The first kappa shape index (κ1) is 7.66. The van der Waals surface area contributed by atoms with Crippen LogP contribution in [0.15, 0.2) is 35.6 Å². The molecular weight excluding hydrogens is 148 g/mol. The first-order chi connectivity index (χ1) is 5.86. The Hall–Kier alpha value is -0.980. The van der Waals surface area contributed by atoms with Crippen LogP contribution < -0.4 is 0 Å². The number of ether oxygens (including phenoxy) is 1. The molecule has 0 aromatic rings. The van der Waals surface area contributed by atoms with E-state index in [2.05, 4.69) is 31.2 Å². The lowest BCUT2D eigenvalue weighted by Crippen LogP contribution is -2.03. The molecule has 1 unspecified atom stereocenters. The maximum atomic E-state index is 5.55. The molecule has 0 bridgehead atoms. The summed E-state index contributed by atoms with van der Waals surface area (Å²) in [5.74, 6) is 1.63. The van der Waals surface area contributed by atoms with Crippen molar-refractivity contribution in [2.75, 3.05) is 6.61 Å². The van der Waals surface area contributed by atoms with E-state index in [1.165, 1.54) is 12.0 Å². The molecule has 1 aliphatic carbocycles. The van der Waals surface area contributed by atoms with Gasteiger partial charge >= 0.3 is 0 Å². The van der Waals surface area contributed by atoms with Gasteiger partial charge in [0.1, 0.15) is 5.76 Å². The Morgan fingerprint density at radius 1 is 1.33 bits per heavy atom. The van der Waals surface area contributed by atoms with Crippen molar-refractivity contribution in [3.63, 3.8) is 0 Å². The van der Waals surface area contributed by atoms with Crippen molar-refractivity contribution in [3.8, 4) is 0 Å². The summed E-state index contributed by atoms with van der Waals surface area (Å²) in [6.07, 6.45) is 11.1. The minimum atomic E-state index is 0.541. The molecule has 2 aliphatic rings. The lowest BCUT2D eigenvalue weighted by Gasteiger charge is -2.16. The fourth-order valence-electron chi connectivity index (χ4n) is 1.55. The standard InChI is InChI=1S/C11H14O/c1-9-4-6-10-3-2-8-12-11(10)7-5-9/h4-7,9H,2-3,8H2,1H3. The van der Waals surface area contributed by atoms with E-state index in [0.29, 0.717) is 5.92 Å². The van der Waals surface area contributed by atoms with Gasteiger partial charge in [0, 0.05) is 0 Å². The van der Waals surface area contributed by atoms with E-state index in [-0.39, 0.29) is 0 Å². The van der Waals surface area contributed by atoms with Crippen molar-refractivity contribution in [1.82, 2.24) is 0 Å². The first-order valence-electron chi connectivity index (χ1n) is 4.58. The van der Waals surface area contributed by atoms with Gasteiger partial charge in [-0.1, -0.05) is 25.2 Å². The second-order valence-electron chi connectivity index (χ2n) is 3.42. The smallest absolute Gasteiger partial charge is 0.122 e. The minimum Gasteiger partial charge on any atom is -0.493 e. The fraction of sp³-hybridized carbons (Fsp3) is 0.455. The Balaban J connectivity index is 2.29. The Labute approximate surface area is 73.4 Å². The van der Waals surface area contributed by atoms with E-state index < -0.39 is 0 Å². The molecule has 0 saturated heterocycles. The summed E-state index contributed by atoms with van der Waals surface area (Å²) in [5.41, 5.74) is 1.36. The summed E-state index contributed by atoms with van der Waals surface area (Å²) in [6, 6.07) is 0. The van der Waals surface area contributed by atoms with Crippen LogP contribution in [0.1, 0.15) is 19.8 Å². The van der Waals surface area contributed by atoms with Gasteiger partial charge in [0.2, 0.25) is 0 Å². The number of hydrogen-bond acceptors (Lipinski definition) is 1. The van der Waals surface area contributed by atoms with Crippen molar-refractivity contribution >= 4 is 0 Å². The second-order valence-corrected chi connectivity index (χ2v) is 3.42. The molecule has 0 N–H and O–H groups in total. The predicted molar refractivity (Wildman–Crippen MR) is 49.7 cm³/mol. The third kappa shape index (κ3) is 1.45. The molecule has 1 heterocycles. The molecule has 0 spiro atoms. The van der Waals surface area contributed by atoms with Crippen LogP contribution in [0.4, 0.5) is 0 Å². The van der Waals surface area contributed by atoms with Crippen molar-refractivity contribution in [2.24, 2.45) is 5.92 Å². The average Bonchev–Trinajstić information content (AvgIpc) is 2.29. The minimum absolute atomic E-state index is 0.541. The maximum Gasteiger partial charge on any atom is 0.122 e. The van der Waals surface area contributed by atoms with Crippen molar-refractivity contribution in [1.29, 1.82) is 0 Å². The summed E-state index contributed by atoms with van der Waals surface area (Å²) < 4.78 is 5.55. The largest absolute Gasteiger partial charge is 0.493 e. The number of allylic oxidation sites excluding steroid dienone is 5. The molecule has 1 heteroatoms. The molecule has 0 fully saturated rings. The Bertz CT molecular complexity index is 232. The highest BCUT2D eigenvalue weighted by molar-refractivity contribution is 5.34. The van der Waals surface area contributed by atoms with Crippen molar-refractivity contribution < 1.29 is 4.74 Å². The quantitative estimate of drug-likeness (QED) is 0.532. The number of hydrogen-bond donors (Lipinski definition) is 0. The lowest BCUT2D eigenvalue weighted by molar-refractivity contribution is 0.201. The molecule has 12 heavy (non-hydrogen) atoms. The van der Waals surface area contributed by atoms with Gasteiger partial charge in [0.05, 0.1) is 6.61 Å². The Kier molecular flexibility index (Phi) is 2.03. The van der Waals surface area contributed by atoms with Crippen LogP contribution in [0.5, 0.6) is 0 Å². The zero-order valence-corrected chi connectivity index (χ0v) is 7.42. The zero-order valence-electron chi connectivity index (χ0n) is 7.42. The van der Waals surface area contributed by atoms with E-state index in [9.17, 15) is 0 Å². The Morgan fingerprint density at radius 3 is 3.08 bits per heavy atom. The van der Waals surface area contributed by atoms with E-state index in [1.54, 1.807) is 0 Å². The third-order valence-corrected chi connectivity index (χ3v) is 2.32. The summed E-state index contributed by atoms with van der Waals surface area (Å²) in [4.78, 5) is 0. The summed E-state index contributed by atoms with van der Waals surface area (Å²) in [5, 5.41) is 0. The molecule has 0 aromatic heterocycles. The van der Waals surface area contributed by atoms with E-state index in [4.69, 9.17) is 4.74 Å². The van der Waals surface area contributed by atoms with Crippen LogP contribution in [0.3, 0.4) is 0 Å². The fourth-order valence-corrected chi connectivity index (χ4v) is 1.55. The third-order valence-electron chi connectivity index (χ3n) is 2.32. The second kappa shape index (κ2) is 3.18. The van der Waals surface area contributed by atoms with Gasteiger partial charge in [-0.2, -0.15) is 0 Å². The van der Waals surface area contributed by atoms with E-state index in [0.717, 1.165) is 18.8 Å². The monoisotopic (exact) mass is 162 g/mol. The molecule has 1 atom stereocenters. The van der Waals surface area contributed by atoms with Gasteiger partial charge in [-0.05, 0) is 30.4 Å². The summed E-state index contributed by atoms with van der Waals surface area (Å²) in [6.45, 7) is 3.07. The van der Waals surface area contributed by atoms with Crippen LogP contribution in [0.2, 0.25) is 0 Å². The molecule has 64 valence electrons. The highest BCUT2D eigenvalue weighted by atomic mass is 16.5. The van der Waals surface area contributed by atoms with Crippen LogP contribution in [-0.2, 0) is 4.74 Å².